The quantitative estimate of drug-likeness (QED) is 0.0275. The highest BCUT2D eigenvalue weighted by atomic mass is 16.5. The Morgan fingerprint density at radius 1 is 0.418 bits per heavy atom. The second-order valence-electron chi connectivity index (χ2n) is 15.2. The topological polar surface area (TPSA) is 309 Å². The summed E-state index contributed by atoms with van der Waals surface area (Å²) in [5.41, 5.74) is 5.22. The number of unbranched alkanes of at least 4 members (excludes halogenated alkanes) is 2. The average molecular weight is 964 g/mol. The van der Waals surface area contributed by atoms with Gasteiger partial charge in [0.25, 0.3) is 0 Å². The summed E-state index contributed by atoms with van der Waals surface area (Å²) in [5.74, 6) is -1.85. The van der Waals surface area contributed by atoms with E-state index in [1.807, 2.05) is 6.92 Å². The predicted molar refractivity (Wildman–Crippen MR) is 244 cm³/mol. The number of amides is 7. The molecule has 0 radical (unpaired) electrons. The lowest BCUT2D eigenvalue weighted by atomic mass is 10.0. The molecule has 7 amide bonds. The van der Waals surface area contributed by atoms with E-state index < -0.39 is 0 Å². The van der Waals surface area contributed by atoms with Crippen LogP contribution in [0.2, 0.25) is 0 Å². The smallest absolute Gasteiger partial charge is 0.246 e. The van der Waals surface area contributed by atoms with Gasteiger partial charge in [-0.25, -0.2) is 0 Å². The minimum atomic E-state index is -0.322. The summed E-state index contributed by atoms with van der Waals surface area (Å²) >= 11 is 0. The fourth-order valence-electron chi connectivity index (χ4n) is 5.45. The molecule has 0 aliphatic heterocycles. The highest BCUT2D eigenvalue weighted by Gasteiger charge is 2.10. The fourth-order valence-corrected chi connectivity index (χ4v) is 5.45. The van der Waals surface area contributed by atoms with E-state index in [1.54, 1.807) is 6.92 Å². The molecule has 0 fully saturated rings. The molecule has 0 aromatic rings. The number of hydrogen-bond donors (Lipinski definition) is 7. The zero-order chi connectivity index (χ0) is 49.4. The first kappa shape index (κ1) is 62.6. The lowest BCUT2D eigenvalue weighted by Crippen LogP contribution is -2.32. The summed E-state index contributed by atoms with van der Waals surface area (Å²) < 4.78 is 42.6. The maximum atomic E-state index is 12.0. The zero-order valence-corrected chi connectivity index (χ0v) is 40.0. The van der Waals surface area contributed by atoms with Crippen LogP contribution in [0.5, 0.6) is 0 Å². The van der Waals surface area contributed by atoms with Crippen LogP contribution in [0.15, 0.2) is 0 Å². The Bertz CT molecular complexity index is 1250. The van der Waals surface area contributed by atoms with E-state index in [0.29, 0.717) is 45.6 Å². The molecule has 23 heteroatoms. The lowest BCUT2D eigenvalue weighted by molar-refractivity contribution is -0.127. The molecular weight excluding hydrogens is 883 g/mol. The Balaban J connectivity index is 3.46. The molecule has 0 aliphatic carbocycles. The van der Waals surface area contributed by atoms with Gasteiger partial charge in [0, 0.05) is 63.9 Å². The Kier molecular flexibility index (Phi) is 43.7. The van der Waals surface area contributed by atoms with E-state index in [0.717, 1.165) is 44.8 Å². The first-order chi connectivity index (χ1) is 32.5. The summed E-state index contributed by atoms with van der Waals surface area (Å²) in [6, 6.07) is 0. The molecule has 0 aromatic heterocycles. The van der Waals surface area contributed by atoms with Crippen LogP contribution in [-0.4, -0.2) is 193 Å². The van der Waals surface area contributed by atoms with Gasteiger partial charge in [-0.1, -0.05) is 26.7 Å². The van der Waals surface area contributed by atoms with Gasteiger partial charge in [-0.2, -0.15) is 0 Å². The van der Waals surface area contributed by atoms with Crippen molar-refractivity contribution in [1.29, 1.82) is 0 Å². The Morgan fingerprint density at radius 2 is 0.731 bits per heavy atom. The third-order valence-corrected chi connectivity index (χ3v) is 9.42. The third kappa shape index (κ3) is 45.2. The normalized spacial score (nSPS) is 11.9. The van der Waals surface area contributed by atoms with Crippen LogP contribution in [0.25, 0.3) is 0 Å². The molecule has 0 saturated heterocycles. The Morgan fingerprint density at radius 3 is 1.06 bits per heavy atom. The Hall–Kier alpha value is -4.36. The molecule has 0 rings (SSSR count). The number of carbonyl (C=O) groups excluding carboxylic acids is 8. The predicted octanol–water partition coefficient (Wildman–Crippen LogP) is -1.33. The number of hydrogen-bond acceptors (Lipinski definition) is 16. The van der Waals surface area contributed by atoms with Gasteiger partial charge in [-0.15, -0.1) is 0 Å². The number of aldehydes is 1. The average Bonchev–Trinajstić information content (AvgIpc) is 3.30. The molecule has 8 N–H and O–H groups in total. The number of primary amides is 1. The minimum Gasteiger partial charge on any atom is -0.377 e. The van der Waals surface area contributed by atoms with Crippen LogP contribution in [0, 0.1) is 11.8 Å². The molecule has 0 aromatic carbocycles. The number of rotatable bonds is 49. The molecule has 2 atom stereocenters. The highest BCUT2D eigenvalue weighted by Crippen LogP contribution is 2.09. The largest absolute Gasteiger partial charge is 0.377 e. The van der Waals surface area contributed by atoms with E-state index in [-0.39, 0.29) is 178 Å². The van der Waals surface area contributed by atoms with Crippen LogP contribution >= 0.6 is 0 Å². The molecule has 0 spiro atoms. The van der Waals surface area contributed by atoms with Gasteiger partial charge in [0.2, 0.25) is 41.4 Å². The number of nitrogens with one attached hydrogen (secondary N) is 6. The summed E-state index contributed by atoms with van der Waals surface area (Å²) in [6.07, 6.45) is 7.32. The van der Waals surface area contributed by atoms with Gasteiger partial charge >= 0.3 is 0 Å². The summed E-state index contributed by atoms with van der Waals surface area (Å²) in [4.78, 5) is 93.2. The number of ether oxygens (including phenoxy) is 8. The maximum absolute atomic E-state index is 12.0. The van der Waals surface area contributed by atoms with Gasteiger partial charge < -0.3 is 80.3 Å². The molecule has 388 valence electrons. The minimum absolute atomic E-state index is 0.0613. The molecule has 0 heterocycles. The second-order valence-corrected chi connectivity index (χ2v) is 15.2. The van der Waals surface area contributed by atoms with Gasteiger partial charge in [-0.3, -0.25) is 33.6 Å². The van der Waals surface area contributed by atoms with Crippen molar-refractivity contribution in [2.45, 2.75) is 78.1 Å². The molecule has 0 saturated carbocycles. The van der Waals surface area contributed by atoms with E-state index >= 15 is 0 Å². The molecule has 23 nitrogen and oxygen atoms in total. The van der Waals surface area contributed by atoms with Gasteiger partial charge in [0.05, 0.1) is 79.3 Å². The van der Waals surface area contributed by atoms with E-state index in [2.05, 4.69) is 31.9 Å². The van der Waals surface area contributed by atoms with Crippen molar-refractivity contribution >= 4 is 47.6 Å². The number of carbonyl (C=O) groups is 8. The van der Waals surface area contributed by atoms with E-state index in [9.17, 15) is 38.4 Å². The maximum Gasteiger partial charge on any atom is 0.246 e. The van der Waals surface area contributed by atoms with E-state index in [1.165, 1.54) is 0 Å². The summed E-state index contributed by atoms with van der Waals surface area (Å²) in [5, 5.41) is 16.3. The Labute approximate surface area is 395 Å². The molecule has 0 bridgehead atoms. The van der Waals surface area contributed by atoms with Crippen molar-refractivity contribution in [2.75, 3.05) is 145 Å². The van der Waals surface area contributed by atoms with E-state index in [4.69, 9.17) is 43.6 Å². The third-order valence-electron chi connectivity index (χ3n) is 9.42. The van der Waals surface area contributed by atoms with Gasteiger partial charge in [0.15, 0.2) is 0 Å². The molecular formula is C44H81N7O16. The molecule has 67 heavy (non-hydrogen) atoms. The standard InChI is InChI=1S/C44H81N7O16/c1-3-37(31-52)10-5-7-14-47-41(56)33-65-28-26-63-22-18-51-43(58)35-67-30-24-61-20-16-49-39(54)12-8-11-38(53)48-15-19-60-23-29-66-34-42(57)50-17-21-62-25-27-64-32-40(55)46-13-6-4-9-36(2)44(45)59/h31,36-37H,3-30,32-35H2,1-2H3,(H2,45,59)(H,46,55)(H,47,56)(H,48,53)(H,49,54)(H,50,57)(H,51,58)/t36-,37-/m0/s1. The zero-order valence-electron chi connectivity index (χ0n) is 40.0. The van der Waals surface area contributed by atoms with Crippen LogP contribution in [-0.2, 0) is 76.3 Å². The molecule has 0 unspecified atom stereocenters. The van der Waals surface area contributed by atoms with Crippen molar-refractivity contribution < 1.29 is 76.3 Å². The molecule has 0 aliphatic rings. The summed E-state index contributed by atoms with van der Waals surface area (Å²) in [6.45, 7) is 8.50. The van der Waals surface area contributed by atoms with Gasteiger partial charge in [0.1, 0.15) is 32.7 Å². The van der Waals surface area contributed by atoms with Crippen LogP contribution < -0.4 is 37.6 Å². The second kappa shape index (κ2) is 46.7. The lowest BCUT2D eigenvalue weighted by Gasteiger charge is -2.09. The SMILES string of the molecule is CC[C@H](C=O)CCCCNC(=O)COCCOCCNC(=O)COCCOCCNC(=O)CCCC(=O)NCCOCCOCC(=O)NCCOCCOCC(=O)NCCCC[C@H](C)C(N)=O. The first-order valence-electron chi connectivity index (χ1n) is 23.4. The number of nitrogens with two attached hydrogens (primary N) is 1. The van der Waals surface area contributed by atoms with Crippen LogP contribution in [0.3, 0.4) is 0 Å². The van der Waals surface area contributed by atoms with Crippen molar-refractivity contribution in [2.24, 2.45) is 17.6 Å². The van der Waals surface area contributed by atoms with Gasteiger partial charge in [-0.05, 0) is 38.5 Å². The van der Waals surface area contributed by atoms with Crippen molar-refractivity contribution in [1.82, 2.24) is 31.9 Å². The van der Waals surface area contributed by atoms with Crippen LogP contribution in [0.1, 0.15) is 78.1 Å². The van der Waals surface area contributed by atoms with Crippen molar-refractivity contribution in [3.63, 3.8) is 0 Å². The van der Waals surface area contributed by atoms with Crippen molar-refractivity contribution in [3.05, 3.63) is 0 Å². The van der Waals surface area contributed by atoms with Crippen LogP contribution in [0.4, 0.5) is 0 Å². The fraction of sp³-hybridized carbons (Fsp3) is 0.818. The first-order valence-corrected chi connectivity index (χ1v) is 23.4. The monoisotopic (exact) mass is 964 g/mol. The highest BCUT2D eigenvalue weighted by molar-refractivity contribution is 5.79. The van der Waals surface area contributed by atoms with Crippen molar-refractivity contribution in [3.8, 4) is 0 Å². The summed E-state index contributed by atoms with van der Waals surface area (Å²) in [7, 11) is 0.